The highest BCUT2D eigenvalue weighted by atomic mass is 16.4. The molecule has 0 spiro atoms. The Balaban J connectivity index is 1.59. The number of hydrogen-bond acceptors (Lipinski definition) is 4. The summed E-state index contributed by atoms with van der Waals surface area (Å²) in [7, 11) is 0. The standard InChI is InChI=1S/C24H27N3O3/c25-21(14-18-6-8-19(9-7-18)20-10-12-26-13-11-20)16-23(28)22(27-24(29)30)15-17-4-2-1-3-5-17/h1-13,21-23,27-28H,14-16,25H2,(H,29,30)/t21-,22-,23-/m0/s1. The van der Waals surface area contributed by atoms with Crippen molar-refractivity contribution in [2.75, 3.05) is 0 Å². The van der Waals surface area contributed by atoms with Gasteiger partial charge in [0.15, 0.2) is 0 Å². The molecule has 0 aliphatic carbocycles. The Kier molecular flexibility index (Phi) is 7.54. The number of nitrogens with one attached hydrogen (secondary N) is 1. The number of aromatic nitrogens is 1. The van der Waals surface area contributed by atoms with Crippen molar-refractivity contribution in [2.24, 2.45) is 5.73 Å². The lowest BCUT2D eigenvalue weighted by molar-refractivity contribution is 0.105. The molecule has 0 aliphatic heterocycles. The molecule has 30 heavy (non-hydrogen) atoms. The van der Waals surface area contributed by atoms with E-state index in [-0.39, 0.29) is 6.04 Å². The van der Waals surface area contributed by atoms with Gasteiger partial charge in [0.05, 0.1) is 12.1 Å². The molecule has 1 aromatic heterocycles. The van der Waals surface area contributed by atoms with Gasteiger partial charge in [-0.1, -0.05) is 54.6 Å². The van der Waals surface area contributed by atoms with Gasteiger partial charge in [-0.15, -0.1) is 0 Å². The molecule has 156 valence electrons. The topological polar surface area (TPSA) is 108 Å². The Hall–Kier alpha value is -3.22. The second-order valence-electron chi connectivity index (χ2n) is 7.45. The summed E-state index contributed by atoms with van der Waals surface area (Å²) in [6.07, 6.45) is 2.78. The van der Waals surface area contributed by atoms with E-state index in [1.165, 1.54) is 0 Å². The van der Waals surface area contributed by atoms with Crippen molar-refractivity contribution in [2.45, 2.75) is 37.5 Å². The molecular formula is C24H27N3O3. The number of hydrogen-bond donors (Lipinski definition) is 4. The molecule has 0 fully saturated rings. The lowest BCUT2D eigenvalue weighted by Crippen LogP contribution is -2.46. The number of benzene rings is 2. The van der Waals surface area contributed by atoms with Crippen LogP contribution in [0.5, 0.6) is 0 Å². The van der Waals surface area contributed by atoms with Gasteiger partial charge in [-0.05, 0) is 53.6 Å². The SMILES string of the molecule is N[C@@H](Cc1ccc(-c2ccncc2)cc1)C[C@H](O)[C@H](Cc1ccccc1)NC(=O)O. The van der Waals surface area contributed by atoms with E-state index in [1.807, 2.05) is 66.7 Å². The summed E-state index contributed by atoms with van der Waals surface area (Å²) in [6.45, 7) is 0. The van der Waals surface area contributed by atoms with Crippen LogP contribution < -0.4 is 11.1 Å². The van der Waals surface area contributed by atoms with Crippen LogP contribution in [0.3, 0.4) is 0 Å². The predicted molar refractivity (Wildman–Crippen MR) is 117 cm³/mol. The first kappa shape index (κ1) is 21.5. The lowest BCUT2D eigenvalue weighted by Gasteiger charge is -2.25. The van der Waals surface area contributed by atoms with Crippen LogP contribution in [0.4, 0.5) is 4.79 Å². The summed E-state index contributed by atoms with van der Waals surface area (Å²) in [5.41, 5.74) is 10.5. The van der Waals surface area contributed by atoms with Crippen molar-refractivity contribution in [1.29, 1.82) is 0 Å². The molecule has 1 heterocycles. The van der Waals surface area contributed by atoms with Crippen LogP contribution in [0.15, 0.2) is 79.1 Å². The average molecular weight is 405 g/mol. The molecular weight excluding hydrogens is 378 g/mol. The van der Waals surface area contributed by atoms with Gasteiger partial charge in [-0.25, -0.2) is 4.79 Å². The first-order valence-corrected chi connectivity index (χ1v) is 9.97. The van der Waals surface area contributed by atoms with Crippen LogP contribution in [0.1, 0.15) is 17.5 Å². The number of nitrogens with zero attached hydrogens (tertiary/aromatic N) is 1. The summed E-state index contributed by atoms with van der Waals surface area (Å²) in [4.78, 5) is 15.2. The molecule has 0 saturated heterocycles. The van der Waals surface area contributed by atoms with Crippen molar-refractivity contribution >= 4 is 6.09 Å². The molecule has 3 atom stereocenters. The quantitative estimate of drug-likeness (QED) is 0.437. The molecule has 1 amide bonds. The summed E-state index contributed by atoms with van der Waals surface area (Å²) in [5.74, 6) is 0. The fourth-order valence-electron chi connectivity index (χ4n) is 3.55. The van der Waals surface area contributed by atoms with Crippen LogP contribution >= 0.6 is 0 Å². The summed E-state index contributed by atoms with van der Waals surface area (Å²) in [6, 6.07) is 20.6. The first-order valence-electron chi connectivity index (χ1n) is 9.97. The fraction of sp³-hybridized carbons (Fsp3) is 0.250. The van der Waals surface area contributed by atoms with Crippen LogP contribution in [0.25, 0.3) is 11.1 Å². The van der Waals surface area contributed by atoms with E-state index in [9.17, 15) is 9.90 Å². The summed E-state index contributed by atoms with van der Waals surface area (Å²) >= 11 is 0. The number of aliphatic hydroxyl groups is 1. The summed E-state index contributed by atoms with van der Waals surface area (Å²) < 4.78 is 0. The van der Waals surface area contributed by atoms with E-state index in [1.54, 1.807) is 12.4 Å². The van der Waals surface area contributed by atoms with Gasteiger partial charge >= 0.3 is 6.09 Å². The number of aliphatic hydroxyl groups excluding tert-OH is 1. The van der Waals surface area contributed by atoms with Crippen molar-refractivity contribution < 1.29 is 15.0 Å². The van der Waals surface area contributed by atoms with Crippen molar-refractivity contribution in [3.63, 3.8) is 0 Å². The zero-order valence-corrected chi connectivity index (χ0v) is 16.7. The van der Waals surface area contributed by atoms with E-state index >= 15 is 0 Å². The zero-order chi connectivity index (χ0) is 21.3. The highest BCUT2D eigenvalue weighted by molar-refractivity contribution is 5.65. The number of pyridine rings is 1. The number of rotatable bonds is 9. The Bertz CT molecular complexity index is 917. The zero-order valence-electron chi connectivity index (χ0n) is 16.7. The Morgan fingerprint density at radius 1 is 0.900 bits per heavy atom. The average Bonchev–Trinajstić information content (AvgIpc) is 2.75. The molecule has 6 nitrogen and oxygen atoms in total. The van der Waals surface area contributed by atoms with Gasteiger partial charge in [0, 0.05) is 18.4 Å². The molecule has 0 bridgehead atoms. The number of carboxylic acid groups (broad SMARTS) is 1. The monoisotopic (exact) mass is 405 g/mol. The third-order valence-electron chi connectivity index (χ3n) is 5.08. The van der Waals surface area contributed by atoms with Gasteiger partial charge in [0.25, 0.3) is 0 Å². The van der Waals surface area contributed by atoms with E-state index in [2.05, 4.69) is 10.3 Å². The molecule has 2 aromatic carbocycles. The lowest BCUT2D eigenvalue weighted by atomic mass is 9.93. The molecule has 6 heteroatoms. The number of nitrogens with two attached hydrogens (primary N) is 1. The molecule has 3 rings (SSSR count). The normalized spacial score (nSPS) is 13.9. The largest absolute Gasteiger partial charge is 0.465 e. The van der Waals surface area contributed by atoms with E-state index in [4.69, 9.17) is 10.8 Å². The predicted octanol–water partition coefficient (Wildman–Crippen LogP) is 3.25. The van der Waals surface area contributed by atoms with E-state index in [0.717, 1.165) is 22.3 Å². The Labute approximate surface area is 176 Å². The van der Waals surface area contributed by atoms with Gasteiger partial charge in [-0.3, -0.25) is 4.98 Å². The third kappa shape index (κ3) is 6.40. The van der Waals surface area contributed by atoms with Crippen molar-refractivity contribution in [1.82, 2.24) is 10.3 Å². The molecule has 0 unspecified atom stereocenters. The molecule has 5 N–H and O–H groups in total. The second-order valence-corrected chi connectivity index (χ2v) is 7.45. The Morgan fingerprint density at radius 2 is 1.50 bits per heavy atom. The van der Waals surface area contributed by atoms with Crippen LogP contribution in [0, 0.1) is 0 Å². The third-order valence-corrected chi connectivity index (χ3v) is 5.08. The van der Waals surface area contributed by atoms with Gasteiger partial charge in [0.1, 0.15) is 0 Å². The van der Waals surface area contributed by atoms with Gasteiger partial charge < -0.3 is 21.3 Å². The molecule has 0 saturated carbocycles. The molecule has 0 aliphatic rings. The van der Waals surface area contributed by atoms with Crippen molar-refractivity contribution in [3.05, 3.63) is 90.3 Å². The fourth-order valence-corrected chi connectivity index (χ4v) is 3.55. The van der Waals surface area contributed by atoms with E-state index in [0.29, 0.717) is 19.3 Å². The first-order chi connectivity index (χ1) is 14.5. The minimum atomic E-state index is -1.16. The number of carbonyl (C=O) groups is 1. The Morgan fingerprint density at radius 3 is 2.13 bits per heavy atom. The smallest absolute Gasteiger partial charge is 0.404 e. The van der Waals surface area contributed by atoms with Gasteiger partial charge in [0.2, 0.25) is 0 Å². The van der Waals surface area contributed by atoms with Crippen LogP contribution in [0.2, 0.25) is 0 Å². The number of amides is 1. The minimum absolute atomic E-state index is 0.291. The molecule has 3 aromatic rings. The van der Waals surface area contributed by atoms with E-state index < -0.39 is 18.2 Å². The second kappa shape index (κ2) is 10.5. The van der Waals surface area contributed by atoms with Gasteiger partial charge in [-0.2, -0.15) is 0 Å². The highest BCUT2D eigenvalue weighted by Crippen LogP contribution is 2.20. The van der Waals surface area contributed by atoms with Crippen LogP contribution in [-0.4, -0.2) is 39.5 Å². The minimum Gasteiger partial charge on any atom is -0.465 e. The maximum atomic E-state index is 11.2. The summed E-state index contributed by atoms with van der Waals surface area (Å²) in [5, 5.41) is 22.2. The highest BCUT2D eigenvalue weighted by Gasteiger charge is 2.23. The van der Waals surface area contributed by atoms with Crippen LogP contribution in [-0.2, 0) is 12.8 Å². The van der Waals surface area contributed by atoms with Crippen molar-refractivity contribution in [3.8, 4) is 11.1 Å². The maximum Gasteiger partial charge on any atom is 0.404 e. The molecule has 0 radical (unpaired) electrons. The maximum absolute atomic E-state index is 11.2.